The van der Waals surface area contributed by atoms with Crippen LogP contribution in [0, 0.1) is 0 Å². The summed E-state index contributed by atoms with van der Waals surface area (Å²) in [6.45, 7) is 4.27. The molecule has 1 aromatic rings. The molecule has 1 rings (SSSR count). The van der Waals surface area contributed by atoms with Crippen LogP contribution in [0.2, 0.25) is 0 Å². The van der Waals surface area contributed by atoms with Gasteiger partial charge in [0.25, 0.3) is 0 Å². The molecular formula is C16H24O3. The molecule has 2 N–H and O–H groups in total. The van der Waals surface area contributed by atoms with Gasteiger partial charge in [-0.1, -0.05) is 44.9 Å². The van der Waals surface area contributed by atoms with Gasteiger partial charge in [-0.2, -0.15) is 0 Å². The zero-order valence-corrected chi connectivity index (χ0v) is 11.9. The van der Waals surface area contributed by atoms with Crippen LogP contribution < -0.4 is 0 Å². The molecule has 0 spiro atoms. The smallest absolute Gasteiger partial charge is 0.337 e. The summed E-state index contributed by atoms with van der Waals surface area (Å²) < 4.78 is 0. The average molecular weight is 264 g/mol. The van der Waals surface area contributed by atoms with Crippen molar-refractivity contribution in [1.29, 1.82) is 0 Å². The van der Waals surface area contributed by atoms with Crippen LogP contribution in [0.3, 0.4) is 0 Å². The molecule has 3 nitrogen and oxygen atoms in total. The summed E-state index contributed by atoms with van der Waals surface area (Å²) in [6, 6.07) is 5.79. The number of hydrogen-bond acceptors (Lipinski definition) is 2. The van der Waals surface area contributed by atoms with E-state index in [1.165, 1.54) is 0 Å². The first-order valence-corrected chi connectivity index (χ1v) is 7.12. The fourth-order valence-corrected chi connectivity index (χ4v) is 2.14. The first kappa shape index (κ1) is 15.7. The molecule has 0 aliphatic rings. The van der Waals surface area contributed by atoms with Gasteiger partial charge in [-0.25, -0.2) is 4.79 Å². The van der Waals surface area contributed by atoms with Crippen molar-refractivity contribution in [2.75, 3.05) is 0 Å². The van der Waals surface area contributed by atoms with E-state index in [4.69, 9.17) is 5.11 Å². The number of rotatable bonds is 8. The highest BCUT2D eigenvalue weighted by Crippen LogP contribution is 2.20. The minimum atomic E-state index is -1.41. The van der Waals surface area contributed by atoms with Gasteiger partial charge in [-0.3, -0.25) is 0 Å². The Kier molecular flexibility index (Phi) is 6.57. The molecule has 0 aliphatic heterocycles. The number of aryl methyl sites for hydroxylation is 2. The Bertz CT molecular complexity index is 386. The van der Waals surface area contributed by atoms with Crippen LogP contribution in [-0.2, 0) is 17.6 Å². The number of benzene rings is 1. The summed E-state index contributed by atoms with van der Waals surface area (Å²) in [5, 5.41) is 18.6. The topological polar surface area (TPSA) is 57.5 Å². The summed E-state index contributed by atoms with van der Waals surface area (Å²) in [5.41, 5.74) is 2.77. The van der Waals surface area contributed by atoms with Crippen LogP contribution >= 0.6 is 0 Å². The third-order valence-electron chi connectivity index (χ3n) is 3.26. The van der Waals surface area contributed by atoms with Crippen molar-refractivity contribution in [1.82, 2.24) is 0 Å². The standard InChI is InChI=1S/C16H24O3/c1-3-5-7-12-9-13(8-6-4-2)11-14(10-12)15(17)16(18)19/h9-11,15,17H,3-8H2,1-2H3,(H,18,19)/t15-/m1/s1. The lowest BCUT2D eigenvalue weighted by atomic mass is 9.96. The molecule has 3 heteroatoms. The molecule has 0 fully saturated rings. The van der Waals surface area contributed by atoms with Crippen LogP contribution in [0.4, 0.5) is 0 Å². The van der Waals surface area contributed by atoms with Gasteiger partial charge in [0.2, 0.25) is 0 Å². The molecule has 1 atom stereocenters. The molecule has 0 unspecified atom stereocenters. The lowest BCUT2D eigenvalue weighted by Crippen LogP contribution is -2.11. The number of carboxylic acid groups (broad SMARTS) is 1. The number of unbranched alkanes of at least 4 members (excludes halogenated alkanes) is 2. The van der Waals surface area contributed by atoms with E-state index in [-0.39, 0.29) is 0 Å². The second-order valence-electron chi connectivity index (χ2n) is 5.03. The Morgan fingerprint density at radius 2 is 1.53 bits per heavy atom. The Balaban J connectivity index is 2.97. The summed E-state index contributed by atoms with van der Waals surface area (Å²) in [5.74, 6) is -1.19. The number of aliphatic carboxylic acids is 1. The van der Waals surface area contributed by atoms with Crippen molar-refractivity contribution in [2.24, 2.45) is 0 Å². The number of aliphatic hydroxyl groups is 1. The van der Waals surface area contributed by atoms with Crippen molar-refractivity contribution in [3.8, 4) is 0 Å². The van der Waals surface area contributed by atoms with E-state index in [0.29, 0.717) is 5.56 Å². The van der Waals surface area contributed by atoms with Crippen molar-refractivity contribution < 1.29 is 15.0 Å². The molecule has 106 valence electrons. The van der Waals surface area contributed by atoms with E-state index < -0.39 is 12.1 Å². The van der Waals surface area contributed by atoms with Crippen molar-refractivity contribution in [3.63, 3.8) is 0 Å². The molecule has 0 radical (unpaired) electrons. The summed E-state index contributed by atoms with van der Waals surface area (Å²) in [6.07, 6.45) is 4.85. The monoisotopic (exact) mass is 264 g/mol. The Morgan fingerprint density at radius 1 is 1.05 bits per heavy atom. The van der Waals surface area contributed by atoms with Gasteiger partial charge in [0.15, 0.2) is 6.10 Å². The van der Waals surface area contributed by atoms with Crippen LogP contribution in [0.5, 0.6) is 0 Å². The van der Waals surface area contributed by atoms with E-state index in [1.54, 1.807) is 0 Å². The predicted octanol–water partition coefficient (Wildman–Crippen LogP) is 3.49. The van der Waals surface area contributed by atoms with Gasteiger partial charge in [-0.05, 0) is 42.4 Å². The first-order valence-electron chi connectivity index (χ1n) is 7.12. The number of hydrogen-bond donors (Lipinski definition) is 2. The van der Waals surface area contributed by atoms with Gasteiger partial charge >= 0.3 is 5.97 Å². The number of carboxylic acids is 1. The predicted molar refractivity (Wildman–Crippen MR) is 76.3 cm³/mol. The van der Waals surface area contributed by atoms with Gasteiger partial charge < -0.3 is 10.2 Å². The molecule has 0 heterocycles. The van der Waals surface area contributed by atoms with Crippen molar-refractivity contribution >= 4 is 5.97 Å². The van der Waals surface area contributed by atoms with E-state index in [2.05, 4.69) is 19.9 Å². The lowest BCUT2D eigenvalue weighted by molar-refractivity contribution is -0.146. The third-order valence-corrected chi connectivity index (χ3v) is 3.26. The Morgan fingerprint density at radius 3 is 1.89 bits per heavy atom. The molecule has 1 aromatic carbocycles. The maximum Gasteiger partial charge on any atom is 0.337 e. The van der Waals surface area contributed by atoms with Crippen LogP contribution in [0.15, 0.2) is 18.2 Å². The largest absolute Gasteiger partial charge is 0.479 e. The first-order chi connectivity index (χ1) is 9.08. The number of aliphatic hydroxyl groups excluding tert-OH is 1. The van der Waals surface area contributed by atoms with Crippen LogP contribution in [-0.4, -0.2) is 16.2 Å². The van der Waals surface area contributed by atoms with Gasteiger partial charge in [0, 0.05) is 0 Å². The van der Waals surface area contributed by atoms with Crippen LogP contribution in [0.1, 0.15) is 62.3 Å². The zero-order chi connectivity index (χ0) is 14.3. The molecule has 0 aromatic heterocycles. The highest BCUT2D eigenvalue weighted by molar-refractivity contribution is 5.74. The average Bonchev–Trinajstić information content (AvgIpc) is 2.41. The molecule has 19 heavy (non-hydrogen) atoms. The highest BCUT2D eigenvalue weighted by atomic mass is 16.4. The van der Waals surface area contributed by atoms with E-state index in [0.717, 1.165) is 49.7 Å². The minimum Gasteiger partial charge on any atom is -0.479 e. The number of carbonyl (C=O) groups is 1. The second kappa shape index (κ2) is 7.95. The molecule has 0 amide bonds. The maximum atomic E-state index is 10.9. The van der Waals surface area contributed by atoms with E-state index in [1.807, 2.05) is 12.1 Å². The molecular weight excluding hydrogens is 240 g/mol. The lowest BCUT2D eigenvalue weighted by Gasteiger charge is -2.12. The van der Waals surface area contributed by atoms with E-state index in [9.17, 15) is 9.90 Å². The maximum absolute atomic E-state index is 10.9. The quantitative estimate of drug-likeness (QED) is 0.755. The zero-order valence-electron chi connectivity index (χ0n) is 11.9. The fraction of sp³-hybridized carbons (Fsp3) is 0.562. The molecule has 0 bridgehead atoms. The minimum absolute atomic E-state index is 0.507. The second-order valence-corrected chi connectivity index (χ2v) is 5.03. The third kappa shape index (κ3) is 5.03. The fourth-order valence-electron chi connectivity index (χ4n) is 2.14. The molecule has 0 saturated heterocycles. The van der Waals surface area contributed by atoms with Crippen LogP contribution in [0.25, 0.3) is 0 Å². The molecule has 0 saturated carbocycles. The van der Waals surface area contributed by atoms with E-state index >= 15 is 0 Å². The SMILES string of the molecule is CCCCc1cc(CCCC)cc([C@@H](O)C(=O)O)c1. The van der Waals surface area contributed by atoms with Gasteiger partial charge in [-0.15, -0.1) is 0 Å². The Labute approximate surface area is 115 Å². The van der Waals surface area contributed by atoms with Crippen molar-refractivity contribution in [3.05, 3.63) is 34.9 Å². The van der Waals surface area contributed by atoms with Crippen molar-refractivity contribution in [2.45, 2.75) is 58.5 Å². The normalized spacial score (nSPS) is 12.4. The summed E-state index contributed by atoms with van der Waals surface area (Å²) in [4.78, 5) is 10.9. The van der Waals surface area contributed by atoms with Gasteiger partial charge in [0.05, 0.1) is 0 Å². The molecule has 0 aliphatic carbocycles. The Hall–Kier alpha value is -1.35. The highest BCUT2D eigenvalue weighted by Gasteiger charge is 2.17. The summed E-state index contributed by atoms with van der Waals surface area (Å²) >= 11 is 0. The van der Waals surface area contributed by atoms with Gasteiger partial charge in [0.1, 0.15) is 0 Å². The summed E-state index contributed by atoms with van der Waals surface area (Å²) in [7, 11) is 0.